The number of rotatable bonds is 8. The van der Waals surface area contributed by atoms with Gasteiger partial charge < -0.3 is 29.0 Å². The molecule has 1 N–H and O–H groups in total. The van der Waals surface area contributed by atoms with Gasteiger partial charge in [0.2, 0.25) is 0 Å². The van der Waals surface area contributed by atoms with Crippen LogP contribution in [0.1, 0.15) is 12.2 Å². The van der Waals surface area contributed by atoms with Crippen LogP contribution in [0, 0.1) is 0 Å². The first kappa shape index (κ1) is 23.3. The number of ether oxygens (including phenoxy) is 2. The third-order valence-electron chi connectivity index (χ3n) is 4.79. The Balaban J connectivity index is 0.00000300. The average Bonchev–Trinajstić information content (AvgIpc) is 3.27. The molecule has 0 amide bonds. The number of nitrogens with one attached hydrogen (secondary N) is 1. The molecule has 1 saturated heterocycles. The molecule has 160 valence electrons. The van der Waals surface area contributed by atoms with Gasteiger partial charge in [-0.25, -0.2) is 0 Å². The molecule has 3 rings (SSSR count). The molecule has 0 unspecified atom stereocenters. The normalized spacial score (nSPS) is 14.5. The fourth-order valence-electron chi connectivity index (χ4n) is 3.32. The van der Waals surface area contributed by atoms with Gasteiger partial charge in [0.05, 0.1) is 19.1 Å². The third kappa shape index (κ3) is 6.81. The fraction of sp³-hybridized carbons (Fsp3) is 0.476. The van der Waals surface area contributed by atoms with Crippen LogP contribution in [-0.2, 0) is 11.3 Å². The molecule has 0 spiro atoms. The van der Waals surface area contributed by atoms with Gasteiger partial charge in [-0.15, -0.1) is 24.0 Å². The second-order valence-electron chi connectivity index (χ2n) is 6.61. The van der Waals surface area contributed by atoms with Crippen LogP contribution in [-0.4, -0.2) is 64.3 Å². The van der Waals surface area contributed by atoms with Crippen molar-refractivity contribution < 1.29 is 13.9 Å². The van der Waals surface area contributed by atoms with Gasteiger partial charge in [0, 0.05) is 46.4 Å². The highest BCUT2D eigenvalue weighted by Crippen LogP contribution is 2.28. The van der Waals surface area contributed by atoms with Crippen LogP contribution in [0.4, 0.5) is 5.69 Å². The lowest BCUT2D eigenvalue weighted by molar-refractivity contribution is 0.104. The summed E-state index contributed by atoms with van der Waals surface area (Å²) < 4.78 is 16.4. The molecule has 0 bridgehead atoms. The monoisotopic (exact) mass is 514 g/mol. The van der Waals surface area contributed by atoms with Crippen molar-refractivity contribution in [2.45, 2.75) is 13.0 Å². The Morgan fingerprint density at radius 1 is 1.14 bits per heavy atom. The highest BCUT2D eigenvalue weighted by atomic mass is 127. The number of para-hydroxylation sites is 2. The zero-order valence-corrected chi connectivity index (χ0v) is 19.5. The van der Waals surface area contributed by atoms with Crippen LogP contribution in [0.3, 0.4) is 0 Å². The maximum absolute atomic E-state index is 5.62. The van der Waals surface area contributed by atoms with E-state index in [9.17, 15) is 0 Å². The van der Waals surface area contributed by atoms with Crippen molar-refractivity contribution in [2.75, 3.05) is 58.4 Å². The molecular formula is C21H31IN4O3. The predicted molar refractivity (Wildman–Crippen MR) is 127 cm³/mol. The third-order valence-corrected chi connectivity index (χ3v) is 4.79. The largest absolute Gasteiger partial charge is 0.495 e. The molecule has 0 saturated carbocycles. The van der Waals surface area contributed by atoms with Gasteiger partial charge in [-0.1, -0.05) is 12.1 Å². The van der Waals surface area contributed by atoms with Crippen molar-refractivity contribution in [2.24, 2.45) is 4.99 Å². The molecular weight excluding hydrogens is 483 g/mol. The number of nitrogens with zero attached hydrogens (tertiary/aromatic N) is 3. The molecule has 2 aromatic rings. The molecule has 0 aliphatic carbocycles. The minimum atomic E-state index is 0. The maximum Gasteiger partial charge on any atom is 0.193 e. The van der Waals surface area contributed by atoms with Gasteiger partial charge in [-0.05, 0) is 30.7 Å². The van der Waals surface area contributed by atoms with E-state index in [1.807, 2.05) is 31.3 Å². The van der Waals surface area contributed by atoms with E-state index in [0.29, 0.717) is 13.2 Å². The quantitative estimate of drug-likeness (QED) is 0.253. The first-order chi connectivity index (χ1) is 13.8. The zero-order chi connectivity index (χ0) is 19.6. The van der Waals surface area contributed by atoms with Crippen molar-refractivity contribution >= 4 is 35.6 Å². The van der Waals surface area contributed by atoms with Gasteiger partial charge in [0.25, 0.3) is 0 Å². The number of halogens is 1. The molecule has 1 aliphatic heterocycles. The fourth-order valence-corrected chi connectivity index (χ4v) is 3.32. The van der Waals surface area contributed by atoms with Gasteiger partial charge in [0.1, 0.15) is 18.1 Å². The van der Waals surface area contributed by atoms with Crippen molar-refractivity contribution in [1.82, 2.24) is 10.2 Å². The number of methoxy groups -OCH3 is 1. The van der Waals surface area contributed by atoms with Crippen molar-refractivity contribution in [1.29, 1.82) is 0 Å². The lowest BCUT2D eigenvalue weighted by Crippen LogP contribution is -2.52. The van der Waals surface area contributed by atoms with E-state index in [2.05, 4.69) is 32.2 Å². The maximum atomic E-state index is 5.62. The Labute approximate surface area is 190 Å². The smallest absolute Gasteiger partial charge is 0.193 e. The van der Waals surface area contributed by atoms with E-state index < -0.39 is 0 Å². The van der Waals surface area contributed by atoms with Crippen LogP contribution >= 0.6 is 24.0 Å². The lowest BCUT2D eigenvalue weighted by atomic mass is 10.2. The summed E-state index contributed by atoms with van der Waals surface area (Å²) in [5.41, 5.74) is 1.15. The van der Waals surface area contributed by atoms with Crippen LogP contribution in [0.2, 0.25) is 0 Å². The van der Waals surface area contributed by atoms with Crippen molar-refractivity contribution in [3.05, 3.63) is 48.4 Å². The number of guanidine groups is 1. The van der Waals surface area contributed by atoms with Crippen LogP contribution in [0.5, 0.6) is 5.75 Å². The van der Waals surface area contributed by atoms with Crippen LogP contribution in [0.15, 0.2) is 52.1 Å². The highest BCUT2D eigenvalue weighted by molar-refractivity contribution is 14.0. The van der Waals surface area contributed by atoms with E-state index >= 15 is 0 Å². The zero-order valence-electron chi connectivity index (χ0n) is 17.2. The summed E-state index contributed by atoms with van der Waals surface area (Å²) >= 11 is 0. The Hall–Kier alpha value is -1.94. The molecule has 7 nitrogen and oxygen atoms in total. The summed E-state index contributed by atoms with van der Waals surface area (Å²) in [4.78, 5) is 9.10. The molecule has 1 aromatic carbocycles. The van der Waals surface area contributed by atoms with E-state index in [1.165, 1.54) is 0 Å². The minimum Gasteiger partial charge on any atom is -0.495 e. The average molecular weight is 514 g/mol. The summed E-state index contributed by atoms with van der Waals surface area (Å²) in [7, 11) is 3.56. The molecule has 1 fully saturated rings. The number of benzene rings is 1. The molecule has 8 heteroatoms. The molecule has 1 aliphatic rings. The van der Waals surface area contributed by atoms with Crippen LogP contribution < -0.4 is 15.0 Å². The molecule has 29 heavy (non-hydrogen) atoms. The number of anilines is 1. The summed E-state index contributed by atoms with van der Waals surface area (Å²) in [6.07, 6.45) is 2.58. The van der Waals surface area contributed by atoms with Gasteiger partial charge >= 0.3 is 0 Å². The molecule has 0 radical (unpaired) electrons. The Morgan fingerprint density at radius 2 is 1.93 bits per heavy atom. The summed E-state index contributed by atoms with van der Waals surface area (Å²) in [6, 6.07) is 12.0. The Bertz CT molecular complexity index is 731. The summed E-state index contributed by atoms with van der Waals surface area (Å²) in [5.74, 6) is 2.73. The number of hydrogen-bond acceptors (Lipinski definition) is 5. The van der Waals surface area contributed by atoms with Crippen molar-refractivity contribution in [3.8, 4) is 5.75 Å². The predicted octanol–water partition coefficient (Wildman–Crippen LogP) is 3.21. The van der Waals surface area contributed by atoms with Gasteiger partial charge in [0.15, 0.2) is 5.96 Å². The number of piperazine rings is 1. The minimum absolute atomic E-state index is 0. The van der Waals surface area contributed by atoms with Crippen molar-refractivity contribution in [3.63, 3.8) is 0 Å². The first-order valence-corrected chi connectivity index (χ1v) is 9.75. The van der Waals surface area contributed by atoms with Gasteiger partial charge in [-0.2, -0.15) is 0 Å². The second kappa shape index (κ2) is 12.6. The SMILES string of the molecule is CN=C(NCCCOCc1ccco1)N1CCN(c2ccccc2OC)CC1.I. The Morgan fingerprint density at radius 3 is 2.62 bits per heavy atom. The standard InChI is InChI=1S/C21H30N4O3.HI/c1-22-21(23-10-6-15-27-17-18-7-5-16-28-18)25-13-11-24(12-14-25)19-8-3-4-9-20(19)26-2;/h3-5,7-9,16H,6,10-15,17H2,1-2H3,(H,22,23);1H. The number of aliphatic imine (C=N–C) groups is 1. The molecule has 1 aromatic heterocycles. The first-order valence-electron chi connectivity index (χ1n) is 9.75. The second-order valence-corrected chi connectivity index (χ2v) is 6.61. The van der Waals surface area contributed by atoms with Crippen LogP contribution in [0.25, 0.3) is 0 Å². The van der Waals surface area contributed by atoms with E-state index in [-0.39, 0.29) is 24.0 Å². The topological polar surface area (TPSA) is 62.5 Å². The number of hydrogen-bond donors (Lipinski definition) is 1. The summed E-state index contributed by atoms with van der Waals surface area (Å²) in [6.45, 7) is 5.76. The van der Waals surface area contributed by atoms with Gasteiger partial charge in [-0.3, -0.25) is 4.99 Å². The molecule has 2 heterocycles. The Kier molecular flexibility index (Phi) is 10.1. The molecule has 0 atom stereocenters. The van der Waals surface area contributed by atoms with E-state index in [0.717, 1.165) is 62.3 Å². The number of furan rings is 1. The summed E-state index contributed by atoms with van der Waals surface area (Å²) in [5, 5.41) is 3.44. The highest BCUT2D eigenvalue weighted by Gasteiger charge is 2.21. The van der Waals surface area contributed by atoms with E-state index in [1.54, 1.807) is 13.4 Å². The van der Waals surface area contributed by atoms with E-state index in [4.69, 9.17) is 13.9 Å². The lowest BCUT2D eigenvalue weighted by Gasteiger charge is -2.38.